The van der Waals surface area contributed by atoms with E-state index in [9.17, 15) is 13.2 Å². The second-order valence-electron chi connectivity index (χ2n) is 3.49. The maximum absolute atomic E-state index is 11.9. The van der Waals surface area contributed by atoms with E-state index >= 15 is 0 Å². The van der Waals surface area contributed by atoms with Gasteiger partial charge in [0.25, 0.3) is 0 Å². The molecular weight excluding hydrogens is 243 g/mol. The summed E-state index contributed by atoms with van der Waals surface area (Å²) >= 11 is 5.65. The Kier molecular flexibility index (Phi) is 3.91. The molecule has 0 aromatic heterocycles. The molecule has 1 N–H and O–H groups in total. The van der Waals surface area contributed by atoms with Crippen LogP contribution in [-0.4, -0.2) is 12.4 Å². The van der Waals surface area contributed by atoms with Crippen LogP contribution in [0.25, 0.3) is 0 Å². The van der Waals surface area contributed by atoms with Crippen LogP contribution in [0.2, 0.25) is 5.02 Å². The van der Waals surface area contributed by atoms with Crippen molar-refractivity contribution in [2.45, 2.75) is 26.3 Å². The molecule has 90 valence electrons. The minimum atomic E-state index is -4.73. The quantitative estimate of drug-likeness (QED) is 0.877. The van der Waals surface area contributed by atoms with E-state index in [4.69, 9.17) is 11.6 Å². The lowest BCUT2D eigenvalue weighted by Gasteiger charge is -2.13. The number of hydrogen-bond donors (Lipinski definition) is 1. The van der Waals surface area contributed by atoms with Gasteiger partial charge in [0.05, 0.1) is 5.02 Å². The highest BCUT2D eigenvalue weighted by Gasteiger charge is 2.31. The summed E-state index contributed by atoms with van der Waals surface area (Å²) in [5.74, 6) is -0.400. The zero-order chi connectivity index (χ0) is 12.3. The van der Waals surface area contributed by atoms with Gasteiger partial charge in [-0.2, -0.15) is 0 Å². The van der Waals surface area contributed by atoms with Gasteiger partial charge in [-0.05, 0) is 32.0 Å². The number of ether oxygens (including phenoxy) is 1. The van der Waals surface area contributed by atoms with Crippen LogP contribution in [0.5, 0.6) is 5.75 Å². The molecule has 1 aromatic rings. The molecule has 0 saturated carbocycles. The van der Waals surface area contributed by atoms with Gasteiger partial charge in [0, 0.05) is 11.7 Å². The second-order valence-corrected chi connectivity index (χ2v) is 3.90. The van der Waals surface area contributed by atoms with Crippen molar-refractivity contribution in [3.8, 4) is 5.75 Å². The summed E-state index contributed by atoms with van der Waals surface area (Å²) in [4.78, 5) is 0. The lowest BCUT2D eigenvalue weighted by atomic mass is 10.2. The van der Waals surface area contributed by atoms with Crippen LogP contribution < -0.4 is 10.1 Å². The maximum Gasteiger partial charge on any atom is 0.573 e. The van der Waals surface area contributed by atoms with Crippen molar-refractivity contribution in [1.29, 1.82) is 0 Å². The standard InChI is InChI=1S/C10H11ClF3NO/c1-6(2)15-7-3-4-9(8(11)5-7)16-10(12,13)14/h3-6,15H,1-2H3. The van der Waals surface area contributed by atoms with Crippen molar-refractivity contribution in [2.24, 2.45) is 0 Å². The first-order chi connectivity index (χ1) is 7.28. The van der Waals surface area contributed by atoms with Crippen molar-refractivity contribution in [1.82, 2.24) is 0 Å². The minimum absolute atomic E-state index is 0.0806. The van der Waals surface area contributed by atoms with Crippen molar-refractivity contribution in [3.63, 3.8) is 0 Å². The summed E-state index contributed by atoms with van der Waals surface area (Å²) in [5.41, 5.74) is 0.648. The molecule has 16 heavy (non-hydrogen) atoms. The molecule has 2 nitrogen and oxygen atoms in total. The summed E-state index contributed by atoms with van der Waals surface area (Å²) in [6.45, 7) is 3.82. The summed E-state index contributed by atoms with van der Waals surface area (Å²) in [6.07, 6.45) is -4.73. The molecule has 0 aliphatic rings. The fourth-order valence-electron chi connectivity index (χ4n) is 1.13. The van der Waals surface area contributed by atoms with E-state index in [1.807, 2.05) is 13.8 Å². The maximum atomic E-state index is 11.9. The number of nitrogens with one attached hydrogen (secondary N) is 1. The first kappa shape index (κ1) is 13.0. The lowest BCUT2D eigenvalue weighted by molar-refractivity contribution is -0.274. The molecular formula is C10H11ClF3NO. The van der Waals surface area contributed by atoms with E-state index in [2.05, 4.69) is 10.1 Å². The molecule has 0 unspecified atom stereocenters. The molecule has 1 rings (SSSR count). The third-order valence-corrected chi connectivity index (χ3v) is 1.91. The molecule has 0 aliphatic heterocycles. The van der Waals surface area contributed by atoms with Gasteiger partial charge < -0.3 is 10.1 Å². The Bertz CT molecular complexity index is 366. The van der Waals surface area contributed by atoms with Gasteiger partial charge in [-0.25, -0.2) is 0 Å². The highest BCUT2D eigenvalue weighted by Crippen LogP contribution is 2.32. The van der Waals surface area contributed by atoms with Gasteiger partial charge in [-0.15, -0.1) is 13.2 Å². The fraction of sp³-hybridized carbons (Fsp3) is 0.400. The predicted octanol–water partition coefficient (Wildman–Crippen LogP) is 4.06. The van der Waals surface area contributed by atoms with E-state index in [1.54, 1.807) is 0 Å². The Labute approximate surface area is 96.4 Å². The van der Waals surface area contributed by atoms with Gasteiger partial charge in [0.1, 0.15) is 5.75 Å². The van der Waals surface area contributed by atoms with Gasteiger partial charge >= 0.3 is 6.36 Å². The Morgan fingerprint density at radius 3 is 2.38 bits per heavy atom. The van der Waals surface area contributed by atoms with Crippen molar-refractivity contribution >= 4 is 17.3 Å². The van der Waals surface area contributed by atoms with E-state index < -0.39 is 12.1 Å². The molecule has 0 saturated heterocycles. The van der Waals surface area contributed by atoms with Crippen LogP contribution in [0.3, 0.4) is 0 Å². The SMILES string of the molecule is CC(C)Nc1ccc(OC(F)(F)F)c(Cl)c1. The fourth-order valence-corrected chi connectivity index (χ4v) is 1.35. The molecule has 0 heterocycles. The molecule has 0 radical (unpaired) electrons. The number of alkyl halides is 3. The third kappa shape index (κ3) is 4.18. The van der Waals surface area contributed by atoms with Crippen molar-refractivity contribution in [2.75, 3.05) is 5.32 Å². The molecule has 0 fully saturated rings. The normalized spacial score (nSPS) is 11.7. The highest BCUT2D eigenvalue weighted by atomic mass is 35.5. The largest absolute Gasteiger partial charge is 0.573 e. The van der Waals surface area contributed by atoms with E-state index in [0.29, 0.717) is 5.69 Å². The summed E-state index contributed by atoms with van der Waals surface area (Å²) in [6, 6.07) is 4.22. The predicted molar refractivity (Wildman–Crippen MR) is 56.9 cm³/mol. The van der Waals surface area contributed by atoms with Crippen LogP contribution in [-0.2, 0) is 0 Å². The smallest absolute Gasteiger partial charge is 0.404 e. The molecule has 0 bridgehead atoms. The summed E-state index contributed by atoms with van der Waals surface area (Å²) < 4.78 is 39.5. The van der Waals surface area contributed by atoms with Gasteiger partial charge in [0.15, 0.2) is 0 Å². The van der Waals surface area contributed by atoms with Crippen LogP contribution in [0.1, 0.15) is 13.8 Å². The number of hydrogen-bond acceptors (Lipinski definition) is 2. The van der Waals surface area contributed by atoms with Gasteiger partial charge in [-0.3, -0.25) is 0 Å². The summed E-state index contributed by atoms with van der Waals surface area (Å²) in [5, 5.41) is 2.93. The van der Waals surface area contributed by atoms with E-state index in [-0.39, 0.29) is 11.1 Å². The van der Waals surface area contributed by atoms with Crippen molar-refractivity contribution in [3.05, 3.63) is 23.2 Å². The number of halogens is 4. The first-order valence-electron chi connectivity index (χ1n) is 4.60. The zero-order valence-corrected chi connectivity index (χ0v) is 9.49. The van der Waals surface area contributed by atoms with Gasteiger partial charge in [0.2, 0.25) is 0 Å². The minimum Gasteiger partial charge on any atom is -0.404 e. The Hall–Kier alpha value is -1.10. The van der Waals surface area contributed by atoms with Crippen LogP contribution in [0, 0.1) is 0 Å². The Morgan fingerprint density at radius 2 is 1.94 bits per heavy atom. The molecule has 0 amide bonds. The molecule has 1 aromatic carbocycles. The molecule has 0 spiro atoms. The van der Waals surface area contributed by atoms with Crippen LogP contribution in [0.4, 0.5) is 18.9 Å². The number of rotatable bonds is 3. The molecule has 6 heteroatoms. The highest BCUT2D eigenvalue weighted by molar-refractivity contribution is 6.32. The lowest BCUT2D eigenvalue weighted by Crippen LogP contribution is -2.17. The zero-order valence-electron chi connectivity index (χ0n) is 8.73. The first-order valence-corrected chi connectivity index (χ1v) is 4.97. The average molecular weight is 254 g/mol. The third-order valence-electron chi connectivity index (χ3n) is 1.61. The molecule has 0 aliphatic carbocycles. The second kappa shape index (κ2) is 4.82. The summed E-state index contributed by atoms with van der Waals surface area (Å²) in [7, 11) is 0. The van der Waals surface area contributed by atoms with Gasteiger partial charge in [-0.1, -0.05) is 11.6 Å². The van der Waals surface area contributed by atoms with Crippen LogP contribution >= 0.6 is 11.6 Å². The Morgan fingerprint density at radius 1 is 1.31 bits per heavy atom. The monoisotopic (exact) mass is 253 g/mol. The Balaban J connectivity index is 2.83. The van der Waals surface area contributed by atoms with E-state index in [0.717, 1.165) is 0 Å². The average Bonchev–Trinajstić information content (AvgIpc) is 2.06. The van der Waals surface area contributed by atoms with Crippen molar-refractivity contribution < 1.29 is 17.9 Å². The number of benzene rings is 1. The topological polar surface area (TPSA) is 21.3 Å². The number of anilines is 1. The van der Waals surface area contributed by atoms with E-state index in [1.165, 1.54) is 18.2 Å². The van der Waals surface area contributed by atoms with Crippen LogP contribution in [0.15, 0.2) is 18.2 Å². The molecule has 0 atom stereocenters.